The molecular formula is C14H26N2O4. The van der Waals surface area contributed by atoms with Gasteiger partial charge in [0.15, 0.2) is 0 Å². The lowest BCUT2D eigenvalue weighted by Crippen LogP contribution is -2.49. The highest BCUT2D eigenvalue weighted by Crippen LogP contribution is 2.19. The Labute approximate surface area is 120 Å². The van der Waals surface area contributed by atoms with Gasteiger partial charge >= 0.3 is 5.97 Å². The van der Waals surface area contributed by atoms with Crippen LogP contribution >= 0.6 is 0 Å². The molecule has 0 aromatic heterocycles. The Morgan fingerprint density at radius 3 is 2.15 bits per heavy atom. The van der Waals surface area contributed by atoms with E-state index >= 15 is 0 Å². The molecule has 0 aliphatic rings. The molecule has 0 fully saturated rings. The van der Waals surface area contributed by atoms with Crippen LogP contribution in [0.5, 0.6) is 0 Å². The Kier molecular flexibility index (Phi) is 7.87. The molecule has 6 heteroatoms. The zero-order chi connectivity index (χ0) is 15.8. The Bertz CT molecular complexity index is 348. The highest BCUT2D eigenvalue weighted by atomic mass is 16.4. The van der Waals surface area contributed by atoms with Gasteiger partial charge in [-0.25, -0.2) is 4.79 Å². The number of carbonyl (C=O) groups is 3. The molecule has 0 aromatic rings. The normalized spacial score (nSPS) is 12.6. The second-order valence-corrected chi connectivity index (χ2v) is 6.00. The number of carboxylic acids is 1. The van der Waals surface area contributed by atoms with Gasteiger partial charge in [-0.15, -0.1) is 0 Å². The van der Waals surface area contributed by atoms with E-state index in [0.29, 0.717) is 19.4 Å². The molecule has 0 unspecified atom stereocenters. The number of rotatable bonds is 8. The van der Waals surface area contributed by atoms with Gasteiger partial charge in [0.2, 0.25) is 11.8 Å². The van der Waals surface area contributed by atoms with Gasteiger partial charge < -0.3 is 15.7 Å². The molecule has 116 valence electrons. The fourth-order valence-corrected chi connectivity index (χ4v) is 1.73. The molecule has 0 radical (unpaired) electrons. The number of carboxylic acid groups (broad SMARTS) is 1. The molecule has 0 rings (SSSR count). The van der Waals surface area contributed by atoms with Crippen molar-refractivity contribution in [2.24, 2.45) is 5.41 Å². The smallest absolute Gasteiger partial charge is 0.326 e. The predicted octanol–water partition coefficient (Wildman–Crippen LogP) is 1.30. The van der Waals surface area contributed by atoms with Crippen LogP contribution in [-0.4, -0.2) is 35.5 Å². The van der Waals surface area contributed by atoms with E-state index in [2.05, 4.69) is 10.6 Å². The molecule has 20 heavy (non-hydrogen) atoms. The summed E-state index contributed by atoms with van der Waals surface area (Å²) in [4.78, 5) is 33.4. The van der Waals surface area contributed by atoms with Gasteiger partial charge in [-0.2, -0.15) is 0 Å². The van der Waals surface area contributed by atoms with Gasteiger partial charge in [-0.3, -0.25) is 9.59 Å². The van der Waals surface area contributed by atoms with Crippen LogP contribution in [0.2, 0.25) is 0 Å². The van der Waals surface area contributed by atoms with E-state index in [1.165, 1.54) is 6.92 Å². The molecule has 0 spiro atoms. The number of aliphatic carboxylic acids is 1. The molecule has 6 nitrogen and oxygen atoms in total. The molecule has 2 amide bonds. The summed E-state index contributed by atoms with van der Waals surface area (Å²) >= 11 is 0. The summed E-state index contributed by atoms with van der Waals surface area (Å²) in [6.45, 7) is 7.40. The highest BCUT2D eigenvalue weighted by Gasteiger charge is 2.32. The van der Waals surface area contributed by atoms with Crippen LogP contribution in [0, 0.1) is 5.41 Å². The molecular weight excluding hydrogens is 260 g/mol. The zero-order valence-electron chi connectivity index (χ0n) is 12.8. The lowest BCUT2D eigenvalue weighted by molar-refractivity contribution is -0.145. The summed E-state index contributed by atoms with van der Waals surface area (Å²) in [5.41, 5.74) is -0.521. The second kappa shape index (κ2) is 8.55. The zero-order valence-corrected chi connectivity index (χ0v) is 12.8. The maximum absolute atomic E-state index is 11.7. The standard InChI is InChI=1S/C14H26N2O4/c1-10(17)15-9-7-5-6-8-11(18)16-12(13(19)20)14(2,3)4/h12H,5-9H2,1-4H3,(H,15,17)(H,16,18)(H,19,20)/t12-/m1/s1. The lowest BCUT2D eigenvalue weighted by Gasteiger charge is -2.27. The van der Waals surface area contributed by atoms with Crippen molar-refractivity contribution in [3.63, 3.8) is 0 Å². The Morgan fingerprint density at radius 1 is 1.10 bits per heavy atom. The second-order valence-electron chi connectivity index (χ2n) is 6.00. The van der Waals surface area contributed by atoms with E-state index < -0.39 is 17.4 Å². The molecule has 0 heterocycles. The van der Waals surface area contributed by atoms with Gasteiger partial charge in [0, 0.05) is 19.9 Å². The minimum absolute atomic E-state index is 0.0581. The van der Waals surface area contributed by atoms with Gasteiger partial charge in [-0.1, -0.05) is 27.2 Å². The maximum atomic E-state index is 11.7. The van der Waals surface area contributed by atoms with E-state index in [1.54, 1.807) is 20.8 Å². The first-order valence-electron chi connectivity index (χ1n) is 6.91. The van der Waals surface area contributed by atoms with E-state index in [4.69, 9.17) is 5.11 Å². The van der Waals surface area contributed by atoms with Crippen molar-refractivity contribution in [2.75, 3.05) is 6.54 Å². The van der Waals surface area contributed by atoms with Crippen molar-refractivity contribution in [2.45, 2.75) is 59.4 Å². The summed E-state index contributed by atoms with van der Waals surface area (Å²) in [5, 5.41) is 14.3. The third-order valence-corrected chi connectivity index (χ3v) is 2.87. The molecule has 0 saturated carbocycles. The number of hydrogen-bond donors (Lipinski definition) is 3. The molecule has 3 N–H and O–H groups in total. The Hall–Kier alpha value is -1.59. The van der Waals surface area contributed by atoms with Gasteiger partial charge in [0.05, 0.1) is 0 Å². The van der Waals surface area contributed by atoms with Crippen molar-refractivity contribution >= 4 is 17.8 Å². The average molecular weight is 286 g/mol. The van der Waals surface area contributed by atoms with Gasteiger partial charge in [0.1, 0.15) is 6.04 Å². The first kappa shape index (κ1) is 18.4. The maximum Gasteiger partial charge on any atom is 0.326 e. The Morgan fingerprint density at radius 2 is 1.70 bits per heavy atom. The van der Waals surface area contributed by atoms with Crippen LogP contribution in [0.4, 0.5) is 0 Å². The van der Waals surface area contributed by atoms with E-state index in [-0.39, 0.29) is 11.8 Å². The van der Waals surface area contributed by atoms with Crippen LogP contribution in [0.1, 0.15) is 53.4 Å². The largest absolute Gasteiger partial charge is 0.480 e. The third kappa shape index (κ3) is 8.50. The number of hydrogen-bond acceptors (Lipinski definition) is 3. The fourth-order valence-electron chi connectivity index (χ4n) is 1.73. The van der Waals surface area contributed by atoms with Crippen molar-refractivity contribution in [1.29, 1.82) is 0 Å². The molecule has 0 aliphatic heterocycles. The summed E-state index contributed by atoms with van der Waals surface area (Å²) < 4.78 is 0. The average Bonchev–Trinajstić information content (AvgIpc) is 2.28. The van der Waals surface area contributed by atoms with Crippen molar-refractivity contribution in [3.05, 3.63) is 0 Å². The highest BCUT2D eigenvalue weighted by molar-refractivity contribution is 5.84. The topological polar surface area (TPSA) is 95.5 Å². The quantitative estimate of drug-likeness (QED) is 0.586. The van der Waals surface area contributed by atoms with Crippen LogP contribution in [0.15, 0.2) is 0 Å². The van der Waals surface area contributed by atoms with Gasteiger partial charge in [0.25, 0.3) is 0 Å². The molecule has 0 saturated heterocycles. The van der Waals surface area contributed by atoms with E-state index in [0.717, 1.165) is 12.8 Å². The molecule has 0 aliphatic carbocycles. The van der Waals surface area contributed by atoms with Crippen LogP contribution < -0.4 is 10.6 Å². The fraction of sp³-hybridized carbons (Fsp3) is 0.786. The SMILES string of the molecule is CC(=O)NCCCCCC(=O)N[C@H](C(=O)O)C(C)(C)C. The number of unbranched alkanes of at least 4 members (excludes halogenated alkanes) is 2. The van der Waals surface area contributed by atoms with E-state index in [1.807, 2.05) is 0 Å². The third-order valence-electron chi connectivity index (χ3n) is 2.87. The van der Waals surface area contributed by atoms with Crippen LogP contribution in [-0.2, 0) is 14.4 Å². The Balaban J connectivity index is 3.93. The monoisotopic (exact) mass is 286 g/mol. The van der Waals surface area contributed by atoms with Crippen LogP contribution in [0.25, 0.3) is 0 Å². The number of amides is 2. The first-order chi connectivity index (χ1) is 9.14. The first-order valence-corrected chi connectivity index (χ1v) is 6.91. The number of nitrogens with one attached hydrogen (secondary N) is 2. The van der Waals surface area contributed by atoms with Gasteiger partial charge in [-0.05, 0) is 18.3 Å². The minimum Gasteiger partial charge on any atom is -0.480 e. The summed E-state index contributed by atoms with van der Waals surface area (Å²) in [7, 11) is 0. The van der Waals surface area contributed by atoms with Crippen molar-refractivity contribution < 1.29 is 19.5 Å². The number of carbonyl (C=O) groups excluding carboxylic acids is 2. The lowest BCUT2D eigenvalue weighted by atomic mass is 9.86. The van der Waals surface area contributed by atoms with E-state index in [9.17, 15) is 14.4 Å². The van der Waals surface area contributed by atoms with Crippen LogP contribution in [0.3, 0.4) is 0 Å². The van der Waals surface area contributed by atoms with Crippen molar-refractivity contribution in [3.8, 4) is 0 Å². The minimum atomic E-state index is -1.02. The predicted molar refractivity (Wildman–Crippen MR) is 76.2 cm³/mol. The van der Waals surface area contributed by atoms with Crippen molar-refractivity contribution in [1.82, 2.24) is 10.6 Å². The summed E-state index contributed by atoms with van der Waals surface area (Å²) in [6, 6.07) is -0.880. The molecule has 0 bridgehead atoms. The molecule has 0 aromatic carbocycles. The molecule has 1 atom stereocenters. The summed E-state index contributed by atoms with van der Waals surface area (Å²) in [5.74, 6) is -1.32. The summed E-state index contributed by atoms with van der Waals surface area (Å²) in [6.07, 6.45) is 2.62.